The Balaban J connectivity index is 2.62. The maximum atomic E-state index is 11.5. The molecule has 0 spiro atoms. The minimum atomic E-state index is -0.684. The zero-order valence-corrected chi connectivity index (χ0v) is 11.5. The van der Waals surface area contributed by atoms with Crippen LogP contribution in [0.2, 0.25) is 5.02 Å². The molecule has 0 fully saturated rings. The number of unbranched alkanes of at least 4 members (excludes halogenated alkanes) is 2. The summed E-state index contributed by atoms with van der Waals surface area (Å²) in [5, 5.41) is 9.98. The van der Waals surface area contributed by atoms with Gasteiger partial charge in [0.05, 0.1) is 6.10 Å². The number of hydrogen-bond acceptors (Lipinski definition) is 3. The van der Waals surface area contributed by atoms with Crippen LogP contribution in [-0.4, -0.2) is 11.1 Å². The summed E-state index contributed by atoms with van der Waals surface area (Å²) in [6.45, 7) is 3.70. The lowest BCUT2D eigenvalue weighted by Gasteiger charge is -2.10. The molecule has 100 valence electrons. The predicted molar refractivity (Wildman–Crippen MR) is 71.9 cm³/mol. The molecule has 18 heavy (non-hydrogen) atoms. The van der Waals surface area contributed by atoms with Gasteiger partial charge >= 0.3 is 5.97 Å². The van der Waals surface area contributed by atoms with Crippen LogP contribution >= 0.6 is 11.6 Å². The van der Waals surface area contributed by atoms with Gasteiger partial charge in [-0.05, 0) is 31.5 Å². The summed E-state index contributed by atoms with van der Waals surface area (Å²) in [7, 11) is 0. The maximum Gasteiger partial charge on any atom is 0.311 e. The van der Waals surface area contributed by atoms with Crippen LogP contribution in [-0.2, 0) is 4.79 Å². The molecule has 4 heteroatoms. The average molecular weight is 271 g/mol. The summed E-state index contributed by atoms with van der Waals surface area (Å²) < 4.78 is 5.20. The normalized spacial score (nSPS) is 12.2. The van der Waals surface area contributed by atoms with Crippen molar-refractivity contribution in [2.45, 2.75) is 45.6 Å². The molecular formula is C14H19ClO3. The number of esters is 1. The molecule has 0 aromatic heterocycles. The molecule has 0 radical (unpaired) electrons. The van der Waals surface area contributed by atoms with Crippen LogP contribution in [0.3, 0.4) is 0 Å². The lowest BCUT2D eigenvalue weighted by Crippen LogP contribution is -2.08. The van der Waals surface area contributed by atoms with Gasteiger partial charge in [-0.15, -0.1) is 0 Å². The number of carbonyl (C=O) groups excluding carboxylic acids is 1. The number of hydrogen-bond donors (Lipinski definition) is 1. The summed E-state index contributed by atoms with van der Waals surface area (Å²) in [5.41, 5.74) is 0.565. The van der Waals surface area contributed by atoms with E-state index in [1.807, 2.05) is 0 Å². The quantitative estimate of drug-likeness (QED) is 0.485. The Kier molecular flexibility index (Phi) is 6.16. The molecule has 1 aromatic carbocycles. The molecule has 0 saturated carbocycles. The maximum absolute atomic E-state index is 11.5. The molecule has 0 bridgehead atoms. The minimum absolute atomic E-state index is 0.248. The van der Waals surface area contributed by atoms with E-state index in [1.165, 1.54) is 0 Å². The smallest absolute Gasteiger partial charge is 0.311 e. The molecule has 1 rings (SSSR count). The Morgan fingerprint density at radius 3 is 2.78 bits per heavy atom. The summed E-state index contributed by atoms with van der Waals surface area (Å²) in [4.78, 5) is 11.5. The monoisotopic (exact) mass is 270 g/mol. The van der Waals surface area contributed by atoms with E-state index in [0.717, 1.165) is 19.3 Å². The second-order valence-corrected chi connectivity index (χ2v) is 4.70. The summed E-state index contributed by atoms with van der Waals surface area (Å²) in [5.74, 6) is 0.180. The van der Waals surface area contributed by atoms with E-state index in [9.17, 15) is 9.90 Å². The average Bonchev–Trinajstić information content (AvgIpc) is 2.31. The van der Waals surface area contributed by atoms with E-state index in [0.29, 0.717) is 22.8 Å². The van der Waals surface area contributed by atoms with Crippen molar-refractivity contribution in [1.29, 1.82) is 0 Å². The highest BCUT2D eigenvalue weighted by atomic mass is 35.5. The second kappa shape index (κ2) is 7.39. The van der Waals surface area contributed by atoms with Crippen molar-refractivity contribution < 1.29 is 14.6 Å². The van der Waals surface area contributed by atoms with Crippen molar-refractivity contribution in [1.82, 2.24) is 0 Å². The van der Waals surface area contributed by atoms with Crippen molar-refractivity contribution in [2.24, 2.45) is 0 Å². The van der Waals surface area contributed by atoms with Crippen molar-refractivity contribution in [2.75, 3.05) is 0 Å². The van der Waals surface area contributed by atoms with Crippen molar-refractivity contribution in [3.05, 3.63) is 28.8 Å². The van der Waals surface area contributed by atoms with E-state index in [1.54, 1.807) is 25.1 Å². The third-order valence-electron chi connectivity index (χ3n) is 2.63. The van der Waals surface area contributed by atoms with Crippen LogP contribution in [0.5, 0.6) is 5.75 Å². The van der Waals surface area contributed by atoms with E-state index in [2.05, 4.69) is 6.92 Å². The largest absolute Gasteiger partial charge is 0.427 e. The molecule has 0 aliphatic heterocycles. The van der Waals surface area contributed by atoms with Gasteiger partial charge in [0.1, 0.15) is 5.75 Å². The molecule has 0 heterocycles. The third kappa shape index (κ3) is 4.67. The van der Waals surface area contributed by atoms with Gasteiger partial charge in [-0.1, -0.05) is 31.4 Å². The van der Waals surface area contributed by atoms with Crippen LogP contribution in [0.15, 0.2) is 18.2 Å². The van der Waals surface area contributed by atoms with Gasteiger partial charge in [-0.3, -0.25) is 4.79 Å². The van der Waals surface area contributed by atoms with Crippen LogP contribution in [0.1, 0.15) is 51.2 Å². The highest BCUT2D eigenvalue weighted by molar-refractivity contribution is 6.31. The highest BCUT2D eigenvalue weighted by Gasteiger charge is 2.10. The Morgan fingerprint density at radius 1 is 1.44 bits per heavy atom. The standard InChI is InChI=1S/C14H19ClO3/c1-3-4-5-6-14(17)18-11-7-8-13(15)12(9-11)10(2)16/h7-10,16H,3-6H2,1-2H3. The summed E-state index contributed by atoms with van der Waals surface area (Å²) >= 11 is 5.93. The SMILES string of the molecule is CCCCCC(=O)Oc1ccc(Cl)c(C(C)O)c1. The lowest BCUT2D eigenvalue weighted by molar-refractivity contribution is -0.134. The molecule has 0 aliphatic rings. The van der Waals surface area contributed by atoms with Crippen molar-refractivity contribution in [3.63, 3.8) is 0 Å². The zero-order valence-electron chi connectivity index (χ0n) is 10.8. The number of aliphatic hydroxyl groups excluding tert-OH is 1. The van der Waals surface area contributed by atoms with Crippen molar-refractivity contribution in [3.8, 4) is 5.75 Å². The molecule has 1 aromatic rings. The van der Waals surface area contributed by atoms with Gasteiger partial charge in [0, 0.05) is 17.0 Å². The van der Waals surface area contributed by atoms with E-state index < -0.39 is 6.10 Å². The Morgan fingerprint density at radius 2 is 2.17 bits per heavy atom. The van der Waals surface area contributed by atoms with E-state index in [4.69, 9.17) is 16.3 Å². The lowest BCUT2D eigenvalue weighted by atomic mass is 10.1. The number of rotatable bonds is 6. The van der Waals surface area contributed by atoms with Crippen LogP contribution in [0, 0.1) is 0 Å². The van der Waals surface area contributed by atoms with Crippen LogP contribution < -0.4 is 4.74 Å². The van der Waals surface area contributed by atoms with Gasteiger partial charge in [-0.25, -0.2) is 0 Å². The fraction of sp³-hybridized carbons (Fsp3) is 0.500. The topological polar surface area (TPSA) is 46.5 Å². The molecule has 1 N–H and O–H groups in total. The zero-order chi connectivity index (χ0) is 13.5. The predicted octanol–water partition coefficient (Wildman–Crippen LogP) is 3.88. The summed E-state index contributed by atoms with van der Waals surface area (Å²) in [6, 6.07) is 4.86. The number of halogens is 1. The highest BCUT2D eigenvalue weighted by Crippen LogP contribution is 2.27. The molecule has 0 aliphatic carbocycles. The fourth-order valence-electron chi connectivity index (χ4n) is 1.61. The Bertz CT molecular complexity index is 402. The van der Waals surface area contributed by atoms with Crippen molar-refractivity contribution >= 4 is 17.6 Å². The van der Waals surface area contributed by atoms with Gasteiger partial charge in [0.15, 0.2) is 0 Å². The minimum Gasteiger partial charge on any atom is -0.427 e. The van der Waals surface area contributed by atoms with Crippen LogP contribution in [0.4, 0.5) is 0 Å². The molecule has 0 saturated heterocycles. The molecule has 3 nitrogen and oxygen atoms in total. The first-order chi connectivity index (χ1) is 8.54. The van der Waals surface area contributed by atoms with Crippen LogP contribution in [0.25, 0.3) is 0 Å². The van der Waals surface area contributed by atoms with Gasteiger partial charge in [0.2, 0.25) is 0 Å². The number of carbonyl (C=O) groups is 1. The Labute approximate surface area is 113 Å². The fourth-order valence-corrected chi connectivity index (χ4v) is 1.88. The van der Waals surface area contributed by atoms with Gasteiger partial charge in [0.25, 0.3) is 0 Å². The molecule has 1 atom stereocenters. The van der Waals surface area contributed by atoms with E-state index >= 15 is 0 Å². The molecule has 0 amide bonds. The number of ether oxygens (including phenoxy) is 1. The first-order valence-corrected chi connectivity index (χ1v) is 6.60. The Hall–Kier alpha value is -1.06. The van der Waals surface area contributed by atoms with Gasteiger partial charge in [-0.2, -0.15) is 0 Å². The summed E-state index contributed by atoms with van der Waals surface area (Å²) in [6.07, 6.45) is 2.66. The number of benzene rings is 1. The third-order valence-corrected chi connectivity index (χ3v) is 2.98. The van der Waals surface area contributed by atoms with Gasteiger partial charge < -0.3 is 9.84 Å². The second-order valence-electron chi connectivity index (χ2n) is 4.29. The molecular weight excluding hydrogens is 252 g/mol. The molecule has 1 unspecified atom stereocenters. The van der Waals surface area contributed by atoms with E-state index in [-0.39, 0.29) is 5.97 Å². The first kappa shape index (κ1) is 15.0. The number of aliphatic hydroxyl groups is 1. The first-order valence-electron chi connectivity index (χ1n) is 6.22.